The van der Waals surface area contributed by atoms with E-state index in [1.165, 1.54) is 13.3 Å². The maximum absolute atomic E-state index is 11.2. The van der Waals surface area contributed by atoms with Gasteiger partial charge in [0.05, 0.1) is 7.11 Å². The summed E-state index contributed by atoms with van der Waals surface area (Å²) in [4.78, 5) is 11.2. The first-order chi connectivity index (χ1) is 8.72. The summed E-state index contributed by atoms with van der Waals surface area (Å²) in [6.07, 6.45) is 4.30. The number of methoxy groups -OCH3 is 1. The highest BCUT2D eigenvalue weighted by atomic mass is 16.5. The maximum Gasteiger partial charge on any atom is 0.302 e. The number of hydrogen-bond acceptors (Lipinski definition) is 3. The second kappa shape index (κ2) is 5.89. The molecule has 0 spiro atoms. The van der Waals surface area contributed by atoms with E-state index in [9.17, 15) is 4.79 Å². The molecule has 1 aliphatic carbocycles. The molecular formula is C15H20O3. The fraction of sp³-hybridized carbons (Fsp3) is 0.533. The molecule has 1 saturated carbocycles. The van der Waals surface area contributed by atoms with Crippen LogP contribution in [-0.4, -0.2) is 19.2 Å². The monoisotopic (exact) mass is 248 g/mol. The Bertz CT molecular complexity index is 414. The molecule has 2 rings (SSSR count). The molecule has 1 aromatic carbocycles. The van der Waals surface area contributed by atoms with Gasteiger partial charge >= 0.3 is 5.97 Å². The van der Waals surface area contributed by atoms with E-state index >= 15 is 0 Å². The summed E-state index contributed by atoms with van der Waals surface area (Å²) in [5.41, 5.74) is 1.16. The zero-order chi connectivity index (χ0) is 13.0. The van der Waals surface area contributed by atoms with Crippen LogP contribution < -0.4 is 4.74 Å². The van der Waals surface area contributed by atoms with Gasteiger partial charge in [-0.2, -0.15) is 0 Å². The van der Waals surface area contributed by atoms with Gasteiger partial charge in [-0.15, -0.1) is 0 Å². The highest BCUT2D eigenvalue weighted by Crippen LogP contribution is 2.39. The number of ether oxygens (including phenoxy) is 2. The van der Waals surface area contributed by atoms with Gasteiger partial charge in [0.25, 0.3) is 0 Å². The Kier molecular flexibility index (Phi) is 4.24. The maximum atomic E-state index is 11.2. The SMILES string of the molecule is COc1ccccc1[C@H]1CCCC[C@H]1OC(C)=O. The van der Waals surface area contributed by atoms with E-state index in [2.05, 4.69) is 6.07 Å². The number of rotatable bonds is 3. The first-order valence-electron chi connectivity index (χ1n) is 6.52. The fourth-order valence-electron chi connectivity index (χ4n) is 2.78. The van der Waals surface area contributed by atoms with Crippen molar-refractivity contribution in [1.82, 2.24) is 0 Å². The fourth-order valence-corrected chi connectivity index (χ4v) is 2.78. The summed E-state index contributed by atoms with van der Waals surface area (Å²) in [5, 5.41) is 0. The van der Waals surface area contributed by atoms with Crippen LogP contribution in [0.25, 0.3) is 0 Å². The van der Waals surface area contributed by atoms with Crippen LogP contribution in [0.5, 0.6) is 5.75 Å². The molecule has 0 bridgehead atoms. The van der Waals surface area contributed by atoms with Crippen LogP contribution in [0.3, 0.4) is 0 Å². The molecule has 1 aromatic rings. The molecule has 0 unspecified atom stereocenters. The third-order valence-electron chi connectivity index (χ3n) is 3.56. The van der Waals surface area contributed by atoms with Crippen molar-refractivity contribution in [2.24, 2.45) is 0 Å². The predicted octanol–water partition coefficient (Wildman–Crippen LogP) is 3.28. The average Bonchev–Trinajstić information content (AvgIpc) is 2.39. The smallest absolute Gasteiger partial charge is 0.302 e. The van der Waals surface area contributed by atoms with E-state index in [0.717, 1.165) is 30.6 Å². The average molecular weight is 248 g/mol. The number of carbonyl (C=O) groups excluding carboxylic acids is 1. The lowest BCUT2D eigenvalue weighted by Gasteiger charge is -2.31. The number of esters is 1. The van der Waals surface area contributed by atoms with E-state index in [-0.39, 0.29) is 18.0 Å². The summed E-state index contributed by atoms with van der Waals surface area (Å²) in [7, 11) is 1.68. The molecule has 1 fully saturated rings. The highest BCUT2D eigenvalue weighted by molar-refractivity contribution is 5.66. The molecule has 0 radical (unpaired) electrons. The highest BCUT2D eigenvalue weighted by Gasteiger charge is 2.30. The molecule has 0 aliphatic heterocycles. The quantitative estimate of drug-likeness (QED) is 0.770. The first-order valence-corrected chi connectivity index (χ1v) is 6.52. The van der Waals surface area contributed by atoms with Crippen molar-refractivity contribution in [3.63, 3.8) is 0 Å². The van der Waals surface area contributed by atoms with E-state index in [1.54, 1.807) is 7.11 Å². The lowest BCUT2D eigenvalue weighted by molar-refractivity contribution is -0.148. The Labute approximate surface area is 108 Å². The first kappa shape index (κ1) is 12.9. The Hall–Kier alpha value is -1.51. The third-order valence-corrected chi connectivity index (χ3v) is 3.56. The number of hydrogen-bond donors (Lipinski definition) is 0. The van der Waals surface area contributed by atoms with Gasteiger partial charge in [0.2, 0.25) is 0 Å². The lowest BCUT2D eigenvalue weighted by Crippen LogP contribution is -2.28. The van der Waals surface area contributed by atoms with Gasteiger partial charge in [-0.05, 0) is 25.3 Å². The van der Waals surface area contributed by atoms with Crippen molar-refractivity contribution in [3.8, 4) is 5.75 Å². The number of para-hydroxylation sites is 1. The zero-order valence-corrected chi connectivity index (χ0v) is 11.0. The van der Waals surface area contributed by atoms with Gasteiger partial charge in [0.1, 0.15) is 11.9 Å². The van der Waals surface area contributed by atoms with Crippen molar-refractivity contribution >= 4 is 5.97 Å². The van der Waals surface area contributed by atoms with Crippen LogP contribution in [0, 0.1) is 0 Å². The van der Waals surface area contributed by atoms with Crippen LogP contribution in [0.2, 0.25) is 0 Å². The Balaban J connectivity index is 2.24. The minimum absolute atomic E-state index is 0.00690. The Morgan fingerprint density at radius 1 is 1.22 bits per heavy atom. The normalized spacial score (nSPS) is 23.4. The van der Waals surface area contributed by atoms with Crippen LogP contribution >= 0.6 is 0 Å². The third kappa shape index (κ3) is 2.84. The van der Waals surface area contributed by atoms with Crippen LogP contribution in [0.15, 0.2) is 24.3 Å². The zero-order valence-electron chi connectivity index (χ0n) is 11.0. The van der Waals surface area contributed by atoms with Gasteiger partial charge < -0.3 is 9.47 Å². The van der Waals surface area contributed by atoms with Crippen molar-refractivity contribution in [2.45, 2.75) is 44.6 Å². The lowest BCUT2D eigenvalue weighted by atomic mass is 9.81. The van der Waals surface area contributed by atoms with E-state index in [1.807, 2.05) is 18.2 Å². The number of benzene rings is 1. The molecule has 0 saturated heterocycles. The summed E-state index contributed by atoms with van der Waals surface area (Å²) >= 11 is 0. The van der Waals surface area contributed by atoms with Gasteiger partial charge in [-0.25, -0.2) is 0 Å². The minimum atomic E-state index is -0.193. The summed E-state index contributed by atoms with van der Waals surface area (Å²) in [6.45, 7) is 1.48. The number of carbonyl (C=O) groups is 1. The van der Waals surface area contributed by atoms with Crippen molar-refractivity contribution in [3.05, 3.63) is 29.8 Å². The second-order valence-electron chi connectivity index (χ2n) is 4.78. The minimum Gasteiger partial charge on any atom is -0.496 e. The van der Waals surface area contributed by atoms with Crippen LogP contribution in [0.1, 0.15) is 44.1 Å². The molecule has 0 aromatic heterocycles. The largest absolute Gasteiger partial charge is 0.496 e. The van der Waals surface area contributed by atoms with Crippen LogP contribution in [-0.2, 0) is 9.53 Å². The Morgan fingerprint density at radius 2 is 1.94 bits per heavy atom. The molecule has 0 amide bonds. The van der Waals surface area contributed by atoms with Gasteiger partial charge in [-0.1, -0.05) is 24.6 Å². The van der Waals surface area contributed by atoms with E-state index in [4.69, 9.17) is 9.47 Å². The molecular weight excluding hydrogens is 228 g/mol. The molecule has 18 heavy (non-hydrogen) atoms. The topological polar surface area (TPSA) is 35.5 Å². The van der Waals surface area contributed by atoms with Crippen molar-refractivity contribution in [1.29, 1.82) is 0 Å². The predicted molar refractivity (Wildman–Crippen MR) is 69.8 cm³/mol. The standard InChI is InChI=1S/C15H20O3/c1-11(16)18-15-10-6-4-8-13(15)12-7-3-5-9-14(12)17-2/h3,5,7,9,13,15H,4,6,8,10H2,1-2H3/t13-,15-/m1/s1. The molecule has 1 aliphatic rings. The molecule has 2 atom stereocenters. The van der Waals surface area contributed by atoms with Crippen LogP contribution in [0.4, 0.5) is 0 Å². The summed E-state index contributed by atoms with van der Waals surface area (Å²) in [5.74, 6) is 0.960. The summed E-state index contributed by atoms with van der Waals surface area (Å²) in [6, 6.07) is 8.02. The molecule has 98 valence electrons. The molecule has 3 heteroatoms. The second-order valence-corrected chi connectivity index (χ2v) is 4.78. The molecule has 0 N–H and O–H groups in total. The van der Waals surface area contributed by atoms with Crippen molar-refractivity contribution in [2.75, 3.05) is 7.11 Å². The van der Waals surface area contributed by atoms with E-state index < -0.39 is 0 Å². The molecule has 3 nitrogen and oxygen atoms in total. The van der Waals surface area contributed by atoms with Gasteiger partial charge in [0.15, 0.2) is 0 Å². The Morgan fingerprint density at radius 3 is 2.67 bits per heavy atom. The van der Waals surface area contributed by atoms with Gasteiger partial charge in [-0.3, -0.25) is 4.79 Å². The molecule has 0 heterocycles. The van der Waals surface area contributed by atoms with Crippen molar-refractivity contribution < 1.29 is 14.3 Å². The van der Waals surface area contributed by atoms with E-state index in [0.29, 0.717) is 0 Å². The van der Waals surface area contributed by atoms with Gasteiger partial charge in [0, 0.05) is 18.4 Å². The summed E-state index contributed by atoms with van der Waals surface area (Å²) < 4.78 is 10.9.